The predicted octanol–water partition coefficient (Wildman–Crippen LogP) is 3.60. The molecule has 4 heteroatoms. The van der Waals surface area contributed by atoms with Crippen LogP contribution in [0.1, 0.15) is 45.3 Å². The molecule has 1 N–H and O–H groups in total. The van der Waals surface area contributed by atoms with Crippen molar-refractivity contribution in [3.63, 3.8) is 0 Å². The van der Waals surface area contributed by atoms with Crippen molar-refractivity contribution in [2.75, 3.05) is 6.54 Å². The largest absolute Gasteiger partial charge is 0.322 e. The minimum Gasteiger partial charge on any atom is -0.322 e. The number of carbonyl (C=O) groups is 1. The van der Waals surface area contributed by atoms with E-state index in [0.717, 1.165) is 30.0 Å². The van der Waals surface area contributed by atoms with Crippen molar-refractivity contribution in [1.82, 2.24) is 10.2 Å². The number of amides is 1. The van der Waals surface area contributed by atoms with Gasteiger partial charge in [0.25, 0.3) is 0 Å². The first-order chi connectivity index (χ1) is 9.49. The summed E-state index contributed by atoms with van der Waals surface area (Å²) in [5, 5.41) is 4.08. The summed E-state index contributed by atoms with van der Waals surface area (Å²) in [6.07, 6.45) is 2.16. The fourth-order valence-electron chi connectivity index (χ4n) is 2.60. The van der Waals surface area contributed by atoms with Gasteiger partial charge in [-0.2, -0.15) is 0 Å². The van der Waals surface area contributed by atoms with Crippen molar-refractivity contribution in [2.45, 2.75) is 45.8 Å². The van der Waals surface area contributed by atoms with Gasteiger partial charge in [0.05, 0.1) is 6.04 Å². The van der Waals surface area contributed by atoms with Crippen LogP contribution in [0.25, 0.3) is 0 Å². The second-order valence-electron chi connectivity index (χ2n) is 5.91. The molecule has 0 aliphatic carbocycles. The van der Waals surface area contributed by atoms with E-state index >= 15 is 0 Å². The highest BCUT2D eigenvalue weighted by molar-refractivity contribution is 6.30. The van der Waals surface area contributed by atoms with Gasteiger partial charge in [-0.15, -0.1) is 0 Å². The van der Waals surface area contributed by atoms with Gasteiger partial charge in [0.15, 0.2) is 0 Å². The lowest BCUT2D eigenvalue weighted by Gasteiger charge is -2.25. The Hall–Kier alpha value is -1.06. The van der Waals surface area contributed by atoms with Crippen molar-refractivity contribution in [3.05, 3.63) is 34.9 Å². The van der Waals surface area contributed by atoms with Crippen molar-refractivity contribution in [3.8, 4) is 0 Å². The number of rotatable bonds is 5. The molecule has 1 aliphatic heterocycles. The molecule has 3 nitrogen and oxygen atoms in total. The molecule has 0 radical (unpaired) electrons. The molecule has 1 saturated heterocycles. The van der Waals surface area contributed by atoms with E-state index in [1.54, 1.807) is 0 Å². The molecular formula is C16H23ClN2O. The molecule has 1 aromatic carbocycles. The van der Waals surface area contributed by atoms with Crippen LogP contribution in [0.2, 0.25) is 5.02 Å². The summed E-state index contributed by atoms with van der Waals surface area (Å²) in [6.45, 7) is 7.15. The van der Waals surface area contributed by atoms with Gasteiger partial charge in [0.2, 0.25) is 5.91 Å². The molecule has 1 fully saturated rings. The highest BCUT2D eigenvalue weighted by Crippen LogP contribution is 2.27. The van der Waals surface area contributed by atoms with E-state index in [9.17, 15) is 4.79 Å². The maximum Gasteiger partial charge on any atom is 0.241 e. The molecular weight excluding hydrogens is 272 g/mol. The molecule has 1 amide bonds. The molecule has 2 rings (SSSR count). The van der Waals surface area contributed by atoms with E-state index in [4.69, 9.17) is 11.6 Å². The smallest absolute Gasteiger partial charge is 0.241 e. The van der Waals surface area contributed by atoms with Crippen LogP contribution < -0.4 is 5.32 Å². The molecule has 0 saturated carbocycles. The first kappa shape index (κ1) is 15.3. The first-order valence-electron chi connectivity index (χ1n) is 7.31. The van der Waals surface area contributed by atoms with Gasteiger partial charge in [-0.25, -0.2) is 0 Å². The Morgan fingerprint density at radius 3 is 2.55 bits per heavy atom. The molecule has 0 aromatic heterocycles. The molecule has 2 atom stereocenters. The Balaban J connectivity index is 2.09. The van der Waals surface area contributed by atoms with Crippen LogP contribution in [-0.2, 0) is 4.79 Å². The number of carbonyl (C=O) groups excluding carboxylic acids is 1. The SMILES string of the molecule is CC(C)CCCN1C(=O)C(C)NC1c1ccc(Cl)cc1. The zero-order valence-electron chi connectivity index (χ0n) is 12.4. The average Bonchev–Trinajstić information content (AvgIpc) is 2.67. The fraction of sp³-hybridized carbons (Fsp3) is 0.562. The second kappa shape index (κ2) is 6.59. The third-order valence-corrected chi connectivity index (χ3v) is 3.99. The van der Waals surface area contributed by atoms with E-state index in [1.807, 2.05) is 36.1 Å². The van der Waals surface area contributed by atoms with Gasteiger partial charge in [-0.1, -0.05) is 37.6 Å². The lowest BCUT2D eigenvalue weighted by molar-refractivity contribution is -0.129. The summed E-state index contributed by atoms with van der Waals surface area (Å²) in [5.41, 5.74) is 1.09. The van der Waals surface area contributed by atoms with Gasteiger partial charge in [0.1, 0.15) is 6.17 Å². The molecule has 2 unspecified atom stereocenters. The third-order valence-electron chi connectivity index (χ3n) is 3.74. The molecule has 0 bridgehead atoms. The predicted molar refractivity (Wildman–Crippen MR) is 82.6 cm³/mol. The van der Waals surface area contributed by atoms with Crippen molar-refractivity contribution in [2.24, 2.45) is 5.92 Å². The Labute approximate surface area is 126 Å². The Bertz CT molecular complexity index is 458. The van der Waals surface area contributed by atoms with E-state index < -0.39 is 0 Å². The van der Waals surface area contributed by atoms with Gasteiger partial charge >= 0.3 is 0 Å². The molecule has 110 valence electrons. The average molecular weight is 295 g/mol. The lowest BCUT2D eigenvalue weighted by Crippen LogP contribution is -2.31. The van der Waals surface area contributed by atoms with Crippen LogP contribution in [-0.4, -0.2) is 23.4 Å². The number of nitrogens with one attached hydrogen (secondary N) is 1. The van der Waals surface area contributed by atoms with E-state index in [1.165, 1.54) is 0 Å². The zero-order chi connectivity index (χ0) is 14.7. The van der Waals surface area contributed by atoms with Crippen molar-refractivity contribution < 1.29 is 4.79 Å². The Morgan fingerprint density at radius 1 is 1.30 bits per heavy atom. The molecule has 1 aliphatic rings. The minimum atomic E-state index is -0.116. The topological polar surface area (TPSA) is 32.3 Å². The Kier molecular flexibility index (Phi) is 5.06. The Morgan fingerprint density at radius 2 is 1.95 bits per heavy atom. The van der Waals surface area contributed by atoms with Gasteiger partial charge < -0.3 is 4.90 Å². The van der Waals surface area contributed by atoms with Crippen LogP contribution >= 0.6 is 11.6 Å². The standard InChI is InChI=1S/C16H23ClN2O/c1-11(2)5-4-10-19-15(18-12(3)16(19)20)13-6-8-14(17)9-7-13/h6-9,11-12,15,18H,4-5,10H2,1-3H3. The second-order valence-corrected chi connectivity index (χ2v) is 6.35. The summed E-state index contributed by atoms with van der Waals surface area (Å²) < 4.78 is 0. The minimum absolute atomic E-state index is 0.0260. The van der Waals surface area contributed by atoms with Crippen LogP contribution in [0.3, 0.4) is 0 Å². The normalized spacial score (nSPS) is 22.9. The lowest BCUT2D eigenvalue weighted by atomic mass is 10.1. The summed E-state index contributed by atoms with van der Waals surface area (Å²) in [6, 6.07) is 7.60. The summed E-state index contributed by atoms with van der Waals surface area (Å²) in [4.78, 5) is 14.2. The molecule has 0 spiro atoms. The fourth-order valence-corrected chi connectivity index (χ4v) is 2.73. The van der Waals surface area contributed by atoms with Gasteiger partial charge in [-0.05, 0) is 43.4 Å². The molecule has 1 heterocycles. The zero-order valence-corrected chi connectivity index (χ0v) is 13.2. The number of nitrogens with zero attached hydrogens (tertiary/aromatic N) is 1. The highest BCUT2D eigenvalue weighted by atomic mass is 35.5. The van der Waals surface area contributed by atoms with Crippen molar-refractivity contribution in [1.29, 1.82) is 0 Å². The van der Waals surface area contributed by atoms with E-state index in [-0.39, 0.29) is 18.1 Å². The summed E-state index contributed by atoms with van der Waals surface area (Å²) in [7, 11) is 0. The number of benzene rings is 1. The number of hydrogen-bond donors (Lipinski definition) is 1. The maximum atomic E-state index is 12.3. The summed E-state index contributed by atoms with van der Waals surface area (Å²) in [5.74, 6) is 0.862. The first-order valence-corrected chi connectivity index (χ1v) is 7.69. The van der Waals surface area contributed by atoms with Crippen LogP contribution in [0.5, 0.6) is 0 Å². The van der Waals surface area contributed by atoms with Crippen LogP contribution in [0.4, 0.5) is 0 Å². The van der Waals surface area contributed by atoms with Gasteiger partial charge in [-0.3, -0.25) is 10.1 Å². The number of hydrogen-bond acceptors (Lipinski definition) is 2. The van der Waals surface area contributed by atoms with Crippen LogP contribution in [0, 0.1) is 5.92 Å². The molecule has 20 heavy (non-hydrogen) atoms. The third kappa shape index (κ3) is 3.53. The maximum absolute atomic E-state index is 12.3. The van der Waals surface area contributed by atoms with Gasteiger partial charge in [0, 0.05) is 11.6 Å². The molecule has 1 aromatic rings. The monoisotopic (exact) mass is 294 g/mol. The van der Waals surface area contributed by atoms with Crippen LogP contribution in [0.15, 0.2) is 24.3 Å². The summed E-state index contributed by atoms with van der Waals surface area (Å²) >= 11 is 5.93. The quantitative estimate of drug-likeness (QED) is 0.900. The number of halogens is 1. The highest BCUT2D eigenvalue weighted by Gasteiger charge is 2.36. The van der Waals surface area contributed by atoms with E-state index in [0.29, 0.717) is 5.92 Å². The van der Waals surface area contributed by atoms with E-state index in [2.05, 4.69) is 19.2 Å². The van der Waals surface area contributed by atoms with Crippen molar-refractivity contribution >= 4 is 17.5 Å².